The van der Waals surface area contributed by atoms with Crippen molar-refractivity contribution in [1.82, 2.24) is 20.3 Å². The Labute approximate surface area is 318 Å². The van der Waals surface area contributed by atoms with Crippen LogP contribution in [0.15, 0.2) is 35.1 Å². The fraction of sp³-hybridized carbons (Fsp3) is 0.703. The van der Waals surface area contributed by atoms with E-state index in [1.807, 2.05) is 22.4 Å². The number of nitrogens with one attached hydrogen (secondary N) is 3. The molecule has 3 aliphatic carbocycles. The number of hydrogen-bond acceptors (Lipinski definition) is 10. The lowest BCUT2D eigenvalue weighted by Crippen LogP contribution is -2.56. The number of carbonyl (C=O) groups excluding carboxylic acids is 4. The zero-order valence-corrected chi connectivity index (χ0v) is 32.7. The van der Waals surface area contributed by atoms with E-state index >= 15 is 0 Å². The van der Waals surface area contributed by atoms with Crippen molar-refractivity contribution < 1.29 is 60.1 Å². The van der Waals surface area contributed by atoms with E-state index in [2.05, 4.69) is 28.6 Å². The van der Waals surface area contributed by atoms with Crippen molar-refractivity contribution >= 4 is 39.7 Å². The summed E-state index contributed by atoms with van der Waals surface area (Å²) in [6, 6.07) is -2.92. The molecule has 2 aliphatic heterocycles. The number of carboxylic acids is 1. The van der Waals surface area contributed by atoms with E-state index in [0.29, 0.717) is 45.6 Å². The quantitative estimate of drug-likeness (QED) is 0.260. The third kappa shape index (κ3) is 8.74. The second-order valence-corrected chi connectivity index (χ2v) is 18.8. The number of alkyl carbamates (subject to hydrolysis) is 1. The zero-order chi connectivity index (χ0) is 40.9. The van der Waals surface area contributed by atoms with Crippen molar-refractivity contribution in [1.29, 1.82) is 0 Å². The van der Waals surface area contributed by atoms with Crippen LogP contribution < -0.4 is 15.4 Å². The SMILES string of the molecule is COC1=CC([C@H]2C[C@H]3C(=O)N[C@]4(C(=O)NS(=O)(=O)C5(C)CC5)C[C@H]4/C=C\CC[C@H](C)C[C@@H](C)CCN3C2)=C(C(=O)O)[C@H](NC(=O)OC(C)(C)C(F)(F)F)C1=O. The number of Topliss-reactive ketones (excluding diaryl/α,β-unsaturated/α-hetero) is 1. The number of ketones is 1. The number of amides is 3. The second kappa shape index (κ2) is 15.2. The first-order chi connectivity index (χ1) is 25.4. The summed E-state index contributed by atoms with van der Waals surface area (Å²) in [5.41, 5.74) is -5.12. The molecular weight excluding hydrogens is 749 g/mol. The lowest BCUT2D eigenvalue weighted by molar-refractivity contribution is -0.244. The van der Waals surface area contributed by atoms with E-state index in [4.69, 9.17) is 4.74 Å². The number of carboxylic acid groups (broad SMARTS) is 1. The number of methoxy groups -OCH3 is 1. The Morgan fingerprint density at radius 3 is 2.33 bits per heavy atom. The summed E-state index contributed by atoms with van der Waals surface area (Å²) < 4.78 is 77.6. The van der Waals surface area contributed by atoms with Crippen LogP contribution >= 0.6 is 0 Å². The Morgan fingerprint density at radius 2 is 1.73 bits per heavy atom. The van der Waals surface area contributed by atoms with Gasteiger partial charge in [0.1, 0.15) is 11.6 Å². The average molecular weight is 801 g/mol. The van der Waals surface area contributed by atoms with Gasteiger partial charge in [0.15, 0.2) is 5.76 Å². The highest BCUT2D eigenvalue weighted by atomic mass is 32.2. The molecule has 5 rings (SSSR count). The van der Waals surface area contributed by atoms with Gasteiger partial charge in [-0.25, -0.2) is 18.0 Å². The third-order valence-electron chi connectivity index (χ3n) is 11.8. The van der Waals surface area contributed by atoms with E-state index < -0.39 is 91.2 Å². The molecule has 3 fully saturated rings. The molecule has 0 aromatic heterocycles. The first kappa shape index (κ1) is 42.2. The van der Waals surface area contributed by atoms with Gasteiger partial charge < -0.3 is 25.2 Å². The van der Waals surface area contributed by atoms with E-state index in [1.54, 1.807) is 6.92 Å². The van der Waals surface area contributed by atoms with Crippen molar-refractivity contribution in [2.75, 3.05) is 20.2 Å². The van der Waals surface area contributed by atoms with Gasteiger partial charge in [-0.05, 0) is 108 Å². The number of fused-ring (bicyclic) bond motifs is 2. The van der Waals surface area contributed by atoms with Crippen LogP contribution in [-0.2, 0) is 38.7 Å². The number of halogens is 3. The van der Waals surface area contributed by atoms with Gasteiger partial charge in [0.2, 0.25) is 27.3 Å². The van der Waals surface area contributed by atoms with Gasteiger partial charge in [-0.3, -0.25) is 24.0 Å². The molecule has 0 spiro atoms. The minimum atomic E-state index is -4.98. The summed E-state index contributed by atoms with van der Waals surface area (Å²) in [7, 11) is -2.89. The van der Waals surface area contributed by atoms with Crippen molar-refractivity contribution in [2.24, 2.45) is 23.7 Å². The minimum absolute atomic E-state index is 0.0166. The Morgan fingerprint density at radius 1 is 1.07 bits per heavy atom. The first-order valence-electron chi connectivity index (χ1n) is 18.6. The molecular formula is C37H51F3N4O10S. The molecule has 55 heavy (non-hydrogen) atoms. The highest BCUT2D eigenvalue weighted by molar-refractivity contribution is 7.91. The maximum Gasteiger partial charge on any atom is 0.427 e. The predicted molar refractivity (Wildman–Crippen MR) is 191 cm³/mol. The molecule has 2 saturated carbocycles. The summed E-state index contributed by atoms with van der Waals surface area (Å²) in [5.74, 6) is -5.09. The molecule has 0 aromatic rings. The summed E-state index contributed by atoms with van der Waals surface area (Å²) in [6.07, 6.45) is 2.47. The highest BCUT2D eigenvalue weighted by Gasteiger charge is 2.63. The standard InChI is InChI=1S/C37H51F3N4O10S/c1-20-9-7-8-10-23-18-36(23,32(49)43-55(51,52)35(5)12-13-35)42-30(46)25-16-22(19-44(25)14-11-21(2)15-20)24-17-26(53-6)29(45)28(27(24)31(47)48)41-33(50)54-34(3,4)37(38,39)40/h8,10,17,20-23,25,28H,7,9,11-16,18-19H2,1-6H3,(H,41,50)(H,42,46)(H,43,49)(H,47,48)/b10-8-/t20-,21-,22-,23+,25-,28-,36+/m0/s1. The van der Waals surface area contributed by atoms with Crippen LogP contribution in [0.25, 0.3) is 0 Å². The molecule has 0 aromatic carbocycles. The van der Waals surface area contributed by atoms with E-state index in [1.165, 1.54) is 6.08 Å². The summed E-state index contributed by atoms with van der Waals surface area (Å²) in [4.78, 5) is 68.9. The van der Waals surface area contributed by atoms with Gasteiger partial charge in [-0.2, -0.15) is 13.2 Å². The number of nitrogens with zero attached hydrogens (tertiary/aromatic N) is 1. The predicted octanol–water partition coefficient (Wildman–Crippen LogP) is 3.88. The maximum absolute atomic E-state index is 14.3. The molecule has 7 atom stereocenters. The monoisotopic (exact) mass is 800 g/mol. The molecule has 4 N–H and O–H groups in total. The zero-order valence-electron chi connectivity index (χ0n) is 31.9. The molecule has 0 radical (unpaired) electrons. The van der Waals surface area contributed by atoms with Crippen molar-refractivity contribution in [3.05, 3.63) is 35.1 Å². The Hall–Kier alpha value is -3.93. The van der Waals surface area contributed by atoms with Crippen LogP contribution in [0.3, 0.4) is 0 Å². The highest BCUT2D eigenvalue weighted by Crippen LogP contribution is 2.48. The summed E-state index contributed by atoms with van der Waals surface area (Å²) >= 11 is 0. The lowest BCUT2D eigenvalue weighted by atomic mass is 9.83. The van der Waals surface area contributed by atoms with Crippen molar-refractivity contribution in [3.63, 3.8) is 0 Å². The van der Waals surface area contributed by atoms with Gasteiger partial charge in [0.05, 0.1) is 23.5 Å². The molecule has 14 nitrogen and oxygen atoms in total. The molecule has 1 saturated heterocycles. The Kier molecular flexibility index (Phi) is 11.7. The lowest BCUT2D eigenvalue weighted by Gasteiger charge is -2.30. The fourth-order valence-electron chi connectivity index (χ4n) is 7.71. The van der Waals surface area contributed by atoms with Crippen LogP contribution in [0.5, 0.6) is 0 Å². The number of rotatable bonds is 8. The maximum atomic E-state index is 14.3. The van der Waals surface area contributed by atoms with Gasteiger partial charge >= 0.3 is 18.2 Å². The first-order valence-corrected chi connectivity index (χ1v) is 20.1. The normalized spacial score (nSPS) is 32.3. The Bertz CT molecular complexity index is 1800. The topological polar surface area (TPSA) is 198 Å². The largest absolute Gasteiger partial charge is 0.493 e. The number of aliphatic carboxylic acids is 1. The van der Waals surface area contributed by atoms with Crippen LogP contribution in [-0.4, -0.2) is 102 Å². The molecule has 0 unspecified atom stereocenters. The summed E-state index contributed by atoms with van der Waals surface area (Å²) in [5, 5.41) is 15.3. The average Bonchev–Trinajstić information content (AvgIpc) is 3.95. The number of carbonyl (C=O) groups is 5. The number of ether oxygens (including phenoxy) is 2. The number of sulfonamides is 1. The molecule has 306 valence electrons. The van der Waals surface area contributed by atoms with Gasteiger partial charge in [0, 0.05) is 12.5 Å². The molecule has 2 heterocycles. The van der Waals surface area contributed by atoms with E-state index in [0.717, 1.165) is 26.4 Å². The van der Waals surface area contributed by atoms with Crippen LogP contribution in [0.1, 0.15) is 86.0 Å². The number of hydrogen-bond donors (Lipinski definition) is 4. The van der Waals surface area contributed by atoms with E-state index in [9.17, 15) is 50.7 Å². The van der Waals surface area contributed by atoms with Crippen LogP contribution in [0.2, 0.25) is 0 Å². The van der Waals surface area contributed by atoms with Gasteiger partial charge in [0.25, 0.3) is 5.91 Å². The third-order valence-corrected chi connectivity index (χ3v) is 13.9. The van der Waals surface area contributed by atoms with Crippen LogP contribution in [0.4, 0.5) is 18.0 Å². The molecule has 3 amide bonds. The molecule has 0 bridgehead atoms. The molecule has 18 heteroatoms. The minimum Gasteiger partial charge on any atom is -0.493 e. The number of allylic oxidation sites excluding steroid dienone is 2. The second-order valence-electron chi connectivity index (χ2n) is 16.6. The van der Waals surface area contributed by atoms with Crippen LogP contribution in [0, 0.1) is 23.7 Å². The Balaban J connectivity index is 1.48. The molecule has 5 aliphatic rings. The van der Waals surface area contributed by atoms with Crippen molar-refractivity contribution in [2.45, 2.75) is 120 Å². The van der Waals surface area contributed by atoms with Gasteiger partial charge in [-0.15, -0.1) is 0 Å². The summed E-state index contributed by atoms with van der Waals surface area (Å²) in [6.45, 7) is 7.49. The van der Waals surface area contributed by atoms with Gasteiger partial charge in [-0.1, -0.05) is 26.0 Å². The van der Waals surface area contributed by atoms with Crippen molar-refractivity contribution in [3.8, 4) is 0 Å². The fourth-order valence-corrected chi connectivity index (χ4v) is 9.03. The number of alkyl halides is 3. The van der Waals surface area contributed by atoms with E-state index in [-0.39, 0.29) is 36.6 Å². The smallest absolute Gasteiger partial charge is 0.427 e.